The van der Waals surface area contributed by atoms with Crippen LogP contribution in [0.1, 0.15) is 12.0 Å². The van der Waals surface area contributed by atoms with E-state index in [0.717, 1.165) is 11.2 Å². The van der Waals surface area contributed by atoms with Crippen LogP contribution in [0.25, 0.3) is 0 Å². The van der Waals surface area contributed by atoms with E-state index in [1.165, 1.54) is 29.5 Å². The quantitative estimate of drug-likeness (QED) is 0.534. The average Bonchev–Trinajstić information content (AvgIpc) is 2.61. The summed E-state index contributed by atoms with van der Waals surface area (Å²) in [6.07, 6.45) is 1.23. The summed E-state index contributed by atoms with van der Waals surface area (Å²) in [5.41, 5.74) is 1.33. The molecule has 0 atom stereocenters. The Balaban J connectivity index is 1.77. The third kappa shape index (κ3) is 7.07. The van der Waals surface area contributed by atoms with E-state index >= 15 is 0 Å². The summed E-state index contributed by atoms with van der Waals surface area (Å²) in [6, 6.07) is 14.0. The van der Waals surface area contributed by atoms with Gasteiger partial charge in [0.2, 0.25) is 0 Å². The van der Waals surface area contributed by atoms with Gasteiger partial charge >= 0.3 is 5.97 Å². The minimum absolute atomic E-state index is 0.0131. The molecule has 0 radical (unpaired) electrons. The van der Waals surface area contributed by atoms with Gasteiger partial charge in [0, 0.05) is 16.9 Å². The number of carbonyl (C=O) groups excluding carboxylic acids is 2. The average molecular weight is 408 g/mol. The topological polar surface area (TPSA) is 89.5 Å². The fourth-order valence-electron chi connectivity index (χ4n) is 2.18. The van der Waals surface area contributed by atoms with Crippen molar-refractivity contribution < 1.29 is 22.7 Å². The Hall–Kier alpha value is -2.32. The molecule has 0 aliphatic heterocycles. The molecule has 0 saturated heterocycles. The van der Waals surface area contributed by atoms with Crippen LogP contribution in [0, 0.1) is 6.92 Å². The van der Waals surface area contributed by atoms with Crippen LogP contribution in [0.5, 0.6) is 0 Å². The third-order valence-corrected chi connectivity index (χ3v) is 5.69. The van der Waals surface area contributed by atoms with Crippen molar-refractivity contribution in [3.8, 4) is 0 Å². The summed E-state index contributed by atoms with van der Waals surface area (Å²) in [6.45, 7) is 1.54. The highest BCUT2D eigenvalue weighted by Gasteiger charge is 2.15. The molecule has 0 aromatic heterocycles. The number of nitrogens with one attached hydrogen (secondary N) is 1. The van der Waals surface area contributed by atoms with Crippen LogP contribution in [0.3, 0.4) is 0 Å². The number of amides is 1. The molecule has 27 heavy (non-hydrogen) atoms. The molecular formula is C19H21NO5S2. The number of para-hydroxylation sites is 1. The zero-order valence-corrected chi connectivity index (χ0v) is 16.7. The molecule has 0 saturated carbocycles. The number of esters is 1. The van der Waals surface area contributed by atoms with Crippen LogP contribution >= 0.6 is 11.8 Å². The van der Waals surface area contributed by atoms with Gasteiger partial charge in [-0.2, -0.15) is 0 Å². The second-order valence-corrected chi connectivity index (χ2v) is 9.04. The lowest BCUT2D eigenvalue weighted by Gasteiger charge is -2.10. The highest BCUT2D eigenvalue weighted by atomic mass is 32.2. The van der Waals surface area contributed by atoms with Crippen molar-refractivity contribution in [2.45, 2.75) is 23.1 Å². The fraction of sp³-hybridized carbons (Fsp3) is 0.263. The SMILES string of the molecule is Cc1ccc(SCCC(=O)OCC(=O)Nc2ccccc2S(C)(=O)=O)cc1. The number of rotatable bonds is 8. The Morgan fingerprint density at radius 3 is 2.41 bits per heavy atom. The molecule has 144 valence electrons. The summed E-state index contributed by atoms with van der Waals surface area (Å²) in [5, 5.41) is 2.46. The van der Waals surface area contributed by atoms with Gasteiger partial charge in [0.15, 0.2) is 16.4 Å². The molecule has 1 amide bonds. The lowest BCUT2D eigenvalue weighted by molar-refractivity contribution is -0.146. The molecule has 0 bridgehead atoms. The van der Waals surface area contributed by atoms with Gasteiger partial charge in [-0.15, -0.1) is 11.8 Å². The van der Waals surface area contributed by atoms with Crippen molar-refractivity contribution in [1.29, 1.82) is 0 Å². The number of thioether (sulfide) groups is 1. The van der Waals surface area contributed by atoms with Crippen LogP contribution in [-0.2, 0) is 24.2 Å². The fourth-order valence-corrected chi connectivity index (χ4v) is 3.86. The van der Waals surface area contributed by atoms with E-state index in [1.807, 2.05) is 31.2 Å². The molecule has 6 nitrogen and oxygen atoms in total. The van der Waals surface area contributed by atoms with Crippen LogP contribution in [0.2, 0.25) is 0 Å². The van der Waals surface area contributed by atoms with E-state index in [4.69, 9.17) is 4.74 Å². The molecule has 2 aromatic carbocycles. The maximum absolute atomic E-state index is 11.9. The van der Waals surface area contributed by atoms with Crippen LogP contribution in [-0.4, -0.2) is 38.9 Å². The van der Waals surface area contributed by atoms with Gasteiger partial charge in [0.05, 0.1) is 17.0 Å². The maximum Gasteiger partial charge on any atom is 0.307 e. The molecule has 0 spiro atoms. The number of carbonyl (C=O) groups is 2. The zero-order chi connectivity index (χ0) is 19.9. The van der Waals surface area contributed by atoms with Gasteiger partial charge in [-0.25, -0.2) is 8.42 Å². The van der Waals surface area contributed by atoms with E-state index in [-0.39, 0.29) is 17.0 Å². The summed E-state index contributed by atoms with van der Waals surface area (Å²) in [4.78, 5) is 24.8. The third-order valence-electron chi connectivity index (χ3n) is 3.52. The van der Waals surface area contributed by atoms with Crippen molar-refractivity contribution in [1.82, 2.24) is 0 Å². The van der Waals surface area contributed by atoms with Crippen LogP contribution < -0.4 is 5.32 Å². The highest BCUT2D eigenvalue weighted by Crippen LogP contribution is 2.21. The smallest absolute Gasteiger partial charge is 0.307 e. The van der Waals surface area contributed by atoms with Gasteiger partial charge in [0.25, 0.3) is 5.91 Å². The normalized spacial score (nSPS) is 11.0. The summed E-state index contributed by atoms with van der Waals surface area (Å²) < 4.78 is 28.4. The summed E-state index contributed by atoms with van der Waals surface area (Å²) >= 11 is 1.53. The van der Waals surface area contributed by atoms with Crippen molar-refractivity contribution in [3.63, 3.8) is 0 Å². The highest BCUT2D eigenvalue weighted by molar-refractivity contribution is 7.99. The molecule has 0 heterocycles. The minimum Gasteiger partial charge on any atom is -0.456 e. The number of hydrogen-bond acceptors (Lipinski definition) is 6. The van der Waals surface area contributed by atoms with E-state index < -0.39 is 28.3 Å². The molecule has 1 N–H and O–H groups in total. The summed E-state index contributed by atoms with van der Waals surface area (Å²) in [5.74, 6) is -0.535. The number of sulfone groups is 1. The van der Waals surface area contributed by atoms with Crippen molar-refractivity contribution in [2.24, 2.45) is 0 Å². The lowest BCUT2D eigenvalue weighted by atomic mass is 10.2. The first kappa shape index (κ1) is 21.0. The predicted molar refractivity (Wildman–Crippen MR) is 106 cm³/mol. The molecule has 8 heteroatoms. The number of anilines is 1. The van der Waals surface area contributed by atoms with Gasteiger partial charge in [-0.1, -0.05) is 29.8 Å². The van der Waals surface area contributed by atoms with E-state index in [9.17, 15) is 18.0 Å². The zero-order valence-electron chi connectivity index (χ0n) is 15.1. The number of benzene rings is 2. The Kier molecular flexibility index (Phi) is 7.44. The van der Waals surface area contributed by atoms with Gasteiger partial charge < -0.3 is 10.1 Å². The van der Waals surface area contributed by atoms with Crippen molar-refractivity contribution in [3.05, 3.63) is 54.1 Å². The molecule has 0 unspecified atom stereocenters. The van der Waals surface area contributed by atoms with Gasteiger partial charge in [-0.05, 0) is 31.2 Å². The Labute approximate surface area is 163 Å². The number of ether oxygens (including phenoxy) is 1. The monoisotopic (exact) mass is 407 g/mol. The predicted octanol–water partition coefficient (Wildman–Crippen LogP) is 3.06. The first-order valence-corrected chi connectivity index (χ1v) is 11.1. The molecule has 0 aliphatic rings. The maximum atomic E-state index is 11.9. The van der Waals surface area contributed by atoms with E-state index in [1.54, 1.807) is 12.1 Å². The van der Waals surface area contributed by atoms with E-state index in [0.29, 0.717) is 5.75 Å². The van der Waals surface area contributed by atoms with Crippen molar-refractivity contribution in [2.75, 3.05) is 23.9 Å². The Bertz CT molecular complexity index is 908. The largest absolute Gasteiger partial charge is 0.456 e. The second kappa shape index (κ2) is 9.57. The standard InChI is InChI=1S/C19H21NO5S2/c1-14-7-9-15(10-8-14)26-12-11-19(22)25-13-18(21)20-16-5-3-4-6-17(16)27(2,23)24/h3-10H,11-13H2,1-2H3,(H,20,21). The second-order valence-electron chi connectivity index (χ2n) is 5.89. The number of aryl methyl sites for hydroxylation is 1. The number of hydrogen-bond donors (Lipinski definition) is 1. The first-order valence-electron chi connectivity index (χ1n) is 8.20. The molecular weight excluding hydrogens is 386 g/mol. The molecule has 2 aromatic rings. The Morgan fingerprint density at radius 1 is 1.07 bits per heavy atom. The van der Waals surface area contributed by atoms with Crippen molar-refractivity contribution >= 4 is 39.2 Å². The van der Waals surface area contributed by atoms with Gasteiger partial charge in [0.1, 0.15) is 0 Å². The Morgan fingerprint density at radius 2 is 1.74 bits per heavy atom. The lowest BCUT2D eigenvalue weighted by Crippen LogP contribution is -2.22. The summed E-state index contributed by atoms with van der Waals surface area (Å²) in [7, 11) is -3.48. The van der Waals surface area contributed by atoms with Crippen LogP contribution in [0.15, 0.2) is 58.3 Å². The van der Waals surface area contributed by atoms with E-state index in [2.05, 4.69) is 5.32 Å². The molecule has 2 rings (SSSR count). The van der Waals surface area contributed by atoms with Crippen LogP contribution in [0.4, 0.5) is 5.69 Å². The minimum atomic E-state index is -3.48. The molecule has 0 fully saturated rings. The first-order chi connectivity index (χ1) is 12.8. The molecule has 0 aliphatic carbocycles. The van der Waals surface area contributed by atoms with Gasteiger partial charge in [-0.3, -0.25) is 9.59 Å².